The van der Waals surface area contributed by atoms with E-state index in [1.807, 2.05) is 0 Å². The van der Waals surface area contributed by atoms with Crippen molar-refractivity contribution in [3.8, 4) is 11.1 Å². The lowest BCUT2D eigenvalue weighted by Crippen LogP contribution is -2.13. The molecule has 3 nitrogen and oxygen atoms in total. The van der Waals surface area contributed by atoms with E-state index >= 15 is 0 Å². The first-order valence-electron chi connectivity index (χ1n) is 7.13. The molecule has 0 spiro atoms. The zero-order valence-corrected chi connectivity index (χ0v) is 13.3. The molecule has 0 saturated carbocycles. The van der Waals surface area contributed by atoms with Crippen LogP contribution in [0.5, 0.6) is 0 Å². The van der Waals surface area contributed by atoms with Gasteiger partial charge in [-0.1, -0.05) is 29.8 Å². The van der Waals surface area contributed by atoms with Crippen LogP contribution in [0.2, 0.25) is 5.15 Å². The molecule has 7 heteroatoms. The largest absolute Gasteiger partial charge is 0.321 e. The van der Waals surface area contributed by atoms with Gasteiger partial charge in [0.1, 0.15) is 5.15 Å². The first-order valence-corrected chi connectivity index (χ1v) is 7.51. The number of nitrogens with one attached hydrogen (secondary N) is 1. The molecule has 0 fully saturated rings. The smallest absolute Gasteiger partial charge is 0.258 e. The van der Waals surface area contributed by atoms with Gasteiger partial charge >= 0.3 is 0 Å². The van der Waals surface area contributed by atoms with Crippen molar-refractivity contribution < 1.29 is 18.0 Å². The number of nitrogens with zero attached hydrogens (tertiary/aromatic N) is 1. The van der Waals surface area contributed by atoms with Gasteiger partial charge in [0.05, 0.1) is 5.56 Å². The summed E-state index contributed by atoms with van der Waals surface area (Å²) < 4.78 is 40.2. The topological polar surface area (TPSA) is 42.0 Å². The van der Waals surface area contributed by atoms with Crippen molar-refractivity contribution >= 4 is 23.2 Å². The van der Waals surface area contributed by atoms with E-state index in [9.17, 15) is 18.0 Å². The summed E-state index contributed by atoms with van der Waals surface area (Å²) in [6.45, 7) is 0. The standard InChI is InChI=1S/C18H10ClF3N2O/c19-17-12(5-3-7-23-17)18(25)24-15-6-2-1-4-11(15)10-8-13(20)16(22)14(21)9-10/h1-9H,(H,24,25). The number of aromatic nitrogens is 1. The number of benzene rings is 2. The third-order valence-electron chi connectivity index (χ3n) is 3.47. The number of carbonyl (C=O) groups excluding carboxylic acids is 1. The van der Waals surface area contributed by atoms with Crippen LogP contribution in [0.4, 0.5) is 18.9 Å². The molecule has 1 heterocycles. The van der Waals surface area contributed by atoms with Crippen molar-refractivity contribution in [2.24, 2.45) is 0 Å². The van der Waals surface area contributed by atoms with Gasteiger partial charge in [0.25, 0.3) is 5.91 Å². The molecule has 0 radical (unpaired) electrons. The zero-order chi connectivity index (χ0) is 18.0. The fraction of sp³-hybridized carbons (Fsp3) is 0. The van der Waals surface area contributed by atoms with Gasteiger partial charge in [0.15, 0.2) is 17.5 Å². The van der Waals surface area contributed by atoms with Gasteiger partial charge in [-0.15, -0.1) is 0 Å². The quantitative estimate of drug-likeness (QED) is 0.522. The second-order valence-electron chi connectivity index (χ2n) is 5.10. The molecule has 0 aliphatic heterocycles. The Kier molecular flexibility index (Phi) is 4.72. The number of anilines is 1. The predicted molar refractivity (Wildman–Crippen MR) is 89.0 cm³/mol. The highest BCUT2D eigenvalue weighted by atomic mass is 35.5. The molecule has 0 aliphatic rings. The molecule has 0 atom stereocenters. The summed E-state index contributed by atoms with van der Waals surface area (Å²) in [6, 6.07) is 11.1. The Morgan fingerprint density at radius 2 is 1.68 bits per heavy atom. The summed E-state index contributed by atoms with van der Waals surface area (Å²) in [5, 5.41) is 2.64. The predicted octanol–water partition coefficient (Wildman–Crippen LogP) is 5.07. The summed E-state index contributed by atoms with van der Waals surface area (Å²) in [7, 11) is 0. The fourth-order valence-corrected chi connectivity index (χ4v) is 2.51. The normalized spacial score (nSPS) is 10.6. The van der Waals surface area contributed by atoms with E-state index in [4.69, 9.17) is 11.6 Å². The van der Waals surface area contributed by atoms with Crippen molar-refractivity contribution in [1.82, 2.24) is 4.98 Å². The van der Waals surface area contributed by atoms with E-state index in [2.05, 4.69) is 10.3 Å². The summed E-state index contributed by atoms with van der Waals surface area (Å²) in [5.74, 6) is -4.71. The van der Waals surface area contributed by atoms with E-state index in [1.165, 1.54) is 12.3 Å². The lowest BCUT2D eigenvalue weighted by molar-refractivity contribution is 0.102. The minimum absolute atomic E-state index is 0.0244. The van der Waals surface area contributed by atoms with Crippen LogP contribution < -0.4 is 5.32 Å². The van der Waals surface area contributed by atoms with Gasteiger partial charge in [-0.25, -0.2) is 18.2 Å². The van der Waals surface area contributed by atoms with E-state index in [-0.39, 0.29) is 22.0 Å². The molecule has 1 amide bonds. The van der Waals surface area contributed by atoms with E-state index in [0.717, 1.165) is 12.1 Å². The van der Waals surface area contributed by atoms with Crippen molar-refractivity contribution in [2.75, 3.05) is 5.32 Å². The van der Waals surface area contributed by atoms with Crippen LogP contribution in [-0.2, 0) is 0 Å². The molecular formula is C18H10ClF3N2O. The van der Waals surface area contributed by atoms with Gasteiger partial charge in [0, 0.05) is 17.4 Å². The van der Waals surface area contributed by atoms with Crippen LogP contribution in [0.1, 0.15) is 10.4 Å². The summed E-state index contributed by atoms with van der Waals surface area (Å²) in [6.07, 6.45) is 1.44. The molecule has 0 unspecified atom stereocenters. The monoisotopic (exact) mass is 362 g/mol. The molecule has 0 bridgehead atoms. The number of pyridine rings is 1. The van der Waals surface area contributed by atoms with Gasteiger partial charge < -0.3 is 5.32 Å². The maximum atomic E-state index is 13.5. The number of halogens is 4. The number of para-hydroxylation sites is 1. The van der Waals surface area contributed by atoms with Crippen LogP contribution in [0.15, 0.2) is 54.7 Å². The Morgan fingerprint density at radius 1 is 1.00 bits per heavy atom. The molecule has 3 rings (SSSR count). The second-order valence-corrected chi connectivity index (χ2v) is 5.45. The minimum Gasteiger partial charge on any atom is -0.321 e. The Hall–Kier alpha value is -2.86. The Balaban J connectivity index is 2.00. The molecule has 126 valence electrons. The first-order chi connectivity index (χ1) is 12.0. The Morgan fingerprint density at radius 3 is 2.36 bits per heavy atom. The summed E-state index contributed by atoms with van der Waals surface area (Å²) in [5.41, 5.74) is 0.853. The summed E-state index contributed by atoms with van der Waals surface area (Å²) >= 11 is 5.89. The van der Waals surface area contributed by atoms with Gasteiger partial charge in [0.2, 0.25) is 0 Å². The molecule has 0 aliphatic carbocycles. The molecule has 3 aromatic rings. The van der Waals surface area contributed by atoms with E-state index < -0.39 is 23.4 Å². The third-order valence-corrected chi connectivity index (χ3v) is 3.77. The number of carbonyl (C=O) groups is 1. The Bertz CT molecular complexity index is 940. The Labute approximate surface area is 146 Å². The number of rotatable bonds is 3. The van der Waals surface area contributed by atoms with Crippen molar-refractivity contribution in [2.45, 2.75) is 0 Å². The number of hydrogen-bond acceptors (Lipinski definition) is 2. The van der Waals surface area contributed by atoms with Crippen LogP contribution in [0, 0.1) is 17.5 Å². The van der Waals surface area contributed by atoms with Gasteiger partial charge in [-0.05, 0) is 35.9 Å². The van der Waals surface area contributed by atoms with Crippen LogP contribution in [0.25, 0.3) is 11.1 Å². The molecule has 25 heavy (non-hydrogen) atoms. The lowest BCUT2D eigenvalue weighted by Gasteiger charge is -2.12. The van der Waals surface area contributed by atoms with E-state index in [1.54, 1.807) is 30.3 Å². The van der Waals surface area contributed by atoms with Gasteiger partial charge in [-0.3, -0.25) is 4.79 Å². The zero-order valence-electron chi connectivity index (χ0n) is 12.6. The fourth-order valence-electron chi connectivity index (χ4n) is 2.30. The second kappa shape index (κ2) is 6.94. The highest BCUT2D eigenvalue weighted by Crippen LogP contribution is 2.30. The van der Waals surface area contributed by atoms with E-state index in [0.29, 0.717) is 5.56 Å². The third kappa shape index (κ3) is 3.49. The van der Waals surface area contributed by atoms with Crippen LogP contribution in [-0.4, -0.2) is 10.9 Å². The number of amides is 1. The van der Waals surface area contributed by atoms with Crippen LogP contribution in [0.3, 0.4) is 0 Å². The van der Waals surface area contributed by atoms with Gasteiger partial charge in [-0.2, -0.15) is 0 Å². The average Bonchev–Trinajstić information content (AvgIpc) is 2.60. The maximum Gasteiger partial charge on any atom is 0.258 e. The highest BCUT2D eigenvalue weighted by molar-refractivity contribution is 6.33. The lowest BCUT2D eigenvalue weighted by atomic mass is 10.0. The molecule has 0 saturated heterocycles. The molecule has 1 N–H and O–H groups in total. The van der Waals surface area contributed by atoms with Crippen molar-refractivity contribution in [3.63, 3.8) is 0 Å². The highest BCUT2D eigenvalue weighted by Gasteiger charge is 2.16. The minimum atomic E-state index is -1.55. The molecule has 1 aromatic heterocycles. The maximum absolute atomic E-state index is 13.5. The molecular weight excluding hydrogens is 353 g/mol. The average molecular weight is 363 g/mol. The van der Waals surface area contributed by atoms with Crippen molar-refractivity contribution in [1.29, 1.82) is 0 Å². The molecule has 2 aromatic carbocycles. The van der Waals surface area contributed by atoms with Crippen LogP contribution >= 0.6 is 11.6 Å². The first kappa shape index (κ1) is 17.0. The number of hydrogen-bond donors (Lipinski definition) is 1. The summed E-state index contributed by atoms with van der Waals surface area (Å²) in [4.78, 5) is 16.2. The van der Waals surface area contributed by atoms with Crippen molar-refractivity contribution in [3.05, 3.63) is 82.9 Å². The SMILES string of the molecule is O=C(Nc1ccccc1-c1cc(F)c(F)c(F)c1)c1cccnc1Cl.